The molecule has 0 saturated carbocycles. The van der Waals surface area contributed by atoms with Gasteiger partial charge in [0, 0.05) is 8.07 Å². The molecule has 0 aromatic rings. The molecule has 0 nitrogen and oxygen atoms in total. The summed E-state index contributed by atoms with van der Waals surface area (Å²) in [6.07, 6.45) is 9.04. The second-order valence-corrected chi connectivity index (χ2v) is 12.0. The first-order valence-corrected chi connectivity index (χ1v) is 9.98. The van der Waals surface area contributed by atoms with E-state index < -0.39 is 8.07 Å². The van der Waals surface area contributed by atoms with E-state index in [9.17, 15) is 0 Å². The van der Waals surface area contributed by atoms with E-state index in [-0.39, 0.29) is 0 Å². The summed E-state index contributed by atoms with van der Waals surface area (Å²) in [5.41, 5.74) is 1.09. The Bertz CT molecular complexity index is 197. The molecule has 0 spiro atoms. The van der Waals surface area contributed by atoms with Crippen LogP contribution in [0.1, 0.15) is 32.1 Å². The quantitative estimate of drug-likeness (QED) is 0.565. The van der Waals surface area contributed by atoms with Gasteiger partial charge in [0.1, 0.15) is 7.28 Å². The molecule has 3 atom stereocenters. The second-order valence-electron chi connectivity index (χ2n) is 6.48. The molecule has 14 heavy (non-hydrogen) atoms. The van der Waals surface area contributed by atoms with Crippen molar-refractivity contribution in [1.82, 2.24) is 0 Å². The molecule has 79 valence electrons. The summed E-state index contributed by atoms with van der Waals surface area (Å²) in [6, 6.07) is 0. The predicted octanol–water partition coefficient (Wildman–Crippen LogP) is 4.20. The molecule has 2 unspecified atom stereocenters. The fourth-order valence-electron chi connectivity index (χ4n) is 3.58. The summed E-state index contributed by atoms with van der Waals surface area (Å²) >= 11 is 0. The van der Waals surface area contributed by atoms with Gasteiger partial charge in [-0.1, -0.05) is 69.4 Å². The zero-order chi connectivity index (χ0) is 10.2. The lowest BCUT2D eigenvalue weighted by molar-refractivity contribution is 0.421. The van der Waals surface area contributed by atoms with Crippen LogP contribution in [0.15, 0.2) is 0 Å². The van der Waals surface area contributed by atoms with Gasteiger partial charge in [0.25, 0.3) is 0 Å². The van der Waals surface area contributed by atoms with Crippen LogP contribution in [0.4, 0.5) is 0 Å². The van der Waals surface area contributed by atoms with Crippen molar-refractivity contribution >= 4 is 15.4 Å². The van der Waals surface area contributed by atoms with Gasteiger partial charge in [-0.2, -0.15) is 0 Å². The number of fused-ring (bicyclic) bond motifs is 3. The van der Waals surface area contributed by atoms with Gasteiger partial charge in [0.05, 0.1) is 0 Å². The van der Waals surface area contributed by atoms with E-state index in [0.717, 1.165) is 17.3 Å². The minimum absolute atomic E-state index is 0.900. The van der Waals surface area contributed by atoms with Crippen LogP contribution in [-0.2, 0) is 0 Å². The minimum atomic E-state index is -0.900. The fraction of sp³-hybridized carbons (Fsp3) is 1.00. The number of hydrogen-bond donors (Lipinski definition) is 0. The molecule has 0 aromatic carbocycles. The Balaban J connectivity index is 2.11. The van der Waals surface area contributed by atoms with E-state index >= 15 is 0 Å². The van der Waals surface area contributed by atoms with Crippen molar-refractivity contribution in [2.24, 2.45) is 5.92 Å². The van der Waals surface area contributed by atoms with Gasteiger partial charge >= 0.3 is 0 Å². The van der Waals surface area contributed by atoms with Crippen molar-refractivity contribution in [3.05, 3.63) is 0 Å². The maximum atomic E-state index is 2.70. The Kier molecular flexibility index (Phi) is 3.11. The molecule has 2 saturated heterocycles. The SMILES string of the molecule is C[Si](C)(C)[C@H]1CCC2C[B]C1CCC2. The van der Waals surface area contributed by atoms with Gasteiger partial charge in [-0.05, 0) is 5.92 Å². The van der Waals surface area contributed by atoms with Crippen LogP contribution in [0.5, 0.6) is 0 Å². The Labute approximate surface area is 91.1 Å². The molecule has 1 radical (unpaired) electrons. The molecule has 2 bridgehead atoms. The number of rotatable bonds is 1. The molecule has 2 fully saturated rings. The van der Waals surface area contributed by atoms with E-state index in [4.69, 9.17) is 0 Å². The average molecular weight is 207 g/mol. The van der Waals surface area contributed by atoms with Crippen LogP contribution >= 0.6 is 0 Å². The smallest absolute Gasteiger partial charge is 0.0772 e. The first-order chi connectivity index (χ1) is 6.57. The summed E-state index contributed by atoms with van der Waals surface area (Å²) in [7, 11) is 1.80. The zero-order valence-electron chi connectivity index (χ0n) is 10.1. The lowest BCUT2D eigenvalue weighted by Gasteiger charge is -2.35. The third-order valence-electron chi connectivity index (χ3n) is 4.44. The van der Waals surface area contributed by atoms with Crippen molar-refractivity contribution < 1.29 is 0 Å². The fourth-order valence-corrected chi connectivity index (χ4v) is 6.20. The third-order valence-corrected chi connectivity index (χ3v) is 7.38. The molecule has 2 rings (SSSR count). The topological polar surface area (TPSA) is 0 Å². The van der Waals surface area contributed by atoms with Crippen molar-refractivity contribution in [3.8, 4) is 0 Å². The Morgan fingerprint density at radius 2 is 1.79 bits per heavy atom. The molecular formula is C12H24BSi. The van der Waals surface area contributed by atoms with Crippen molar-refractivity contribution in [2.45, 2.75) is 69.4 Å². The molecule has 0 N–H and O–H groups in total. The van der Waals surface area contributed by atoms with Gasteiger partial charge in [0.15, 0.2) is 0 Å². The maximum absolute atomic E-state index is 2.70. The van der Waals surface area contributed by atoms with Crippen LogP contribution in [0.3, 0.4) is 0 Å². The van der Waals surface area contributed by atoms with Gasteiger partial charge in [-0.3, -0.25) is 0 Å². The molecule has 2 heteroatoms. The highest BCUT2D eigenvalue weighted by molar-refractivity contribution is 6.78. The highest BCUT2D eigenvalue weighted by Crippen LogP contribution is 2.48. The van der Waals surface area contributed by atoms with Gasteiger partial charge in [-0.15, -0.1) is 0 Å². The molecule has 2 heterocycles. The Hall–Kier alpha value is 0.282. The largest absolute Gasteiger partial charge is 0.113 e. The average Bonchev–Trinajstić information content (AvgIpc) is 2.32. The van der Waals surface area contributed by atoms with Gasteiger partial charge in [-0.25, -0.2) is 0 Å². The maximum Gasteiger partial charge on any atom is 0.113 e. The Morgan fingerprint density at radius 1 is 1.00 bits per heavy atom. The van der Waals surface area contributed by atoms with Gasteiger partial charge in [0.2, 0.25) is 0 Å². The van der Waals surface area contributed by atoms with E-state index in [2.05, 4.69) is 26.9 Å². The lowest BCUT2D eigenvalue weighted by atomic mass is 9.59. The zero-order valence-corrected chi connectivity index (χ0v) is 11.1. The normalized spacial score (nSPS) is 38.6. The van der Waals surface area contributed by atoms with Crippen molar-refractivity contribution in [1.29, 1.82) is 0 Å². The lowest BCUT2D eigenvalue weighted by Crippen LogP contribution is -2.32. The van der Waals surface area contributed by atoms with Crippen molar-refractivity contribution in [3.63, 3.8) is 0 Å². The monoisotopic (exact) mass is 207 g/mol. The van der Waals surface area contributed by atoms with E-state index in [0.29, 0.717) is 0 Å². The summed E-state index contributed by atoms with van der Waals surface area (Å²) < 4.78 is 0. The molecular weight excluding hydrogens is 183 g/mol. The van der Waals surface area contributed by atoms with Gasteiger partial charge < -0.3 is 0 Å². The van der Waals surface area contributed by atoms with Crippen LogP contribution in [0.2, 0.25) is 37.3 Å². The van der Waals surface area contributed by atoms with Crippen LogP contribution in [0, 0.1) is 5.92 Å². The molecule has 2 aliphatic rings. The van der Waals surface area contributed by atoms with Crippen LogP contribution in [0.25, 0.3) is 0 Å². The number of hydrogen-bond acceptors (Lipinski definition) is 0. The standard InChI is InChI=1S/C12H24BSi/c1-14(2,3)12-8-7-10-5-4-6-11(12)13-9-10/h10-12H,4-9H2,1-3H3/t10?,11?,12-/m0/s1. The van der Waals surface area contributed by atoms with E-state index in [1.54, 1.807) is 6.42 Å². The van der Waals surface area contributed by atoms with Crippen LogP contribution in [-0.4, -0.2) is 15.4 Å². The van der Waals surface area contributed by atoms with Crippen molar-refractivity contribution in [2.75, 3.05) is 0 Å². The van der Waals surface area contributed by atoms with E-state index in [1.165, 1.54) is 32.0 Å². The third kappa shape index (κ3) is 2.26. The minimum Gasteiger partial charge on any atom is -0.0772 e. The molecule has 0 aromatic heterocycles. The summed E-state index contributed by atoms with van der Waals surface area (Å²) in [6.45, 7) is 7.71. The first-order valence-electron chi connectivity index (χ1n) is 6.40. The Morgan fingerprint density at radius 3 is 2.50 bits per heavy atom. The summed E-state index contributed by atoms with van der Waals surface area (Å²) in [5.74, 6) is 2.05. The first kappa shape index (κ1) is 10.8. The second kappa shape index (κ2) is 4.04. The summed E-state index contributed by atoms with van der Waals surface area (Å²) in [4.78, 5) is 0. The molecule has 0 aliphatic carbocycles. The molecule has 0 amide bonds. The summed E-state index contributed by atoms with van der Waals surface area (Å²) in [5, 5.41) is 0. The van der Waals surface area contributed by atoms with Crippen LogP contribution < -0.4 is 0 Å². The highest BCUT2D eigenvalue weighted by atomic mass is 28.3. The van der Waals surface area contributed by atoms with E-state index in [1.807, 2.05) is 0 Å². The predicted molar refractivity (Wildman–Crippen MR) is 68.0 cm³/mol. The highest BCUT2D eigenvalue weighted by Gasteiger charge is 2.37. The molecule has 2 aliphatic heterocycles.